The summed E-state index contributed by atoms with van der Waals surface area (Å²) in [6.45, 7) is 14.7. The van der Waals surface area contributed by atoms with Gasteiger partial charge in [0.25, 0.3) is 11.8 Å². The summed E-state index contributed by atoms with van der Waals surface area (Å²) >= 11 is 0. The van der Waals surface area contributed by atoms with E-state index in [0.717, 1.165) is 5.56 Å². The summed E-state index contributed by atoms with van der Waals surface area (Å²) in [5, 5.41) is 11.8. The van der Waals surface area contributed by atoms with E-state index in [2.05, 4.69) is 11.0 Å². The van der Waals surface area contributed by atoms with E-state index < -0.39 is 59.6 Å². The summed E-state index contributed by atoms with van der Waals surface area (Å²) in [7, 11) is 0. The Morgan fingerprint density at radius 2 is 1.15 bits per heavy atom. The Morgan fingerprint density at radius 1 is 0.677 bits per heavy atom. The number of rotatable bonds is 11. The van der Waals surface area contributed by atoms with Crippen LogP contribution in [0.5, 0.6) is 0 Å². The van der Waals surface area contributed by atoms with E-state index in [1.807, 2.05) is 71.9 Å². The normalized spacial score (nSPS) is 25.9. The third kappa shape index (κ3) is 13.8. The molecule has 6 heterocycles. The highest BCUT2D eigenvalue weighted by Gasteiger charge is 2.49. The van der Waals surface area contributed by atoms with Crippen LogP contribution in [0.2, 0.25) is 0 Å². The third-order valence-corrected chi connectivity index (χ3v) is 11.4. The number of urea groups is 2. The van der Waals surface area contributed by atoms with Crippen molar-refractivity contribution in [1.29, 1.82) is 0 Å². The first-order chi connectivity index (χ1) is 30.9. The van der Waals surface area contributed by atoms with Crippen LogP contribution in [0, 0.1) is 0 Å². The molecular weight excluding hydrogens is 853 g/mol. The molecule has 8 amide bonds. The minimum Gasteiger partial charge on any atom is -0.444 e. The van der Waals surface area contributed by atoms with Gasteiger partial charge in [-0.1, -0.05) is 30.3 Å². The second-order valence-electron chi connectivity index (χ2n) is 18.9. The number of hydroxylamine groups is 6. The van der Waals surface area contributed by atoms with Crippen LogP contribution < -0.4 is 11.0 Å². The maximum Gasteiger partial charge on any atom is 0.410 e. The lowest BCUT2D eigenvalue weighted by atomic mass is 10.0. The summed E-state index contributed by atoms with van der Waals surface area (Å²) in [5.41, 5.74) is 4.64. The smallest absolute Gasteiger partial charge is 0.410 e. The Labute approximate surface area is 379 Å². The van der Waals surface area contributed by atoms with Gasteiger partial charge in [0.2, 0.25) is 0 Å². The average molecular weight is 919 g/mol. The molecule has 65 heavy (non-hydrogen) atoms. The second kappa shape index (κ2) is 22.0. The topological polar surface area (TPSA) is 231 Å². The first-order valence-corrected chi connectivity index (χ1v) is 22.4. The van der Waals surface area contributed by atoms with Crippen LogP contribution in [0.1, 0.15) is 85.6 Å². The van der Waals surface area contributed by atoms with Crippen LogP contribution >= 0.6 is 0 Å². The molecule has 7 rings (SSSR count). The Bertz CT molecular complexity index is 1810. The van der Waals surface area contributed by atoms with E-state index in [4.69, 9.17) is 33.5 Å². The van der Waals surface area contributed by atoms with Gasteiger partial charge in [-0.2, -0.15) is 5.06 Å². The van der Waals surface area contributed by atoms with Crippen molar-refractivity contribution >= 4 is 36.1 Å². The van der Waals surface area contributed by atoms with E-state index in [0.29, 0.717) is 103 Å². The molecule has 6 saturated heterocycles. The number of ether oxygens (including phenoxy) is 4. The van der Waals surface area contributed by atoms with Crippen LogP contribution in [0.25, 0.3) is 0 Å². The maximum atomic E-state index is 12.9. The molecule has 4 bridgehead atoms. The fourth-order valence-electron chi connectivity index (χ4n) is 8.24. The van der Waals surface area contributed by atoms with Crippen molar-refractivity contribution < 1.29 is 67.4 Å². The van der Waals surface area contributed by atoms with Crippen LogP contribution in [0.15, 0.2) is 30.3 Å². The van der Waals surface area contributed by atoms with Crippen LogP contribution in [-0.2, 0) is 49.7 Å². The zero-order valence-corrected chi connectivity index (χ0v) is 38.3. The summed E-state index contributed by atoms with van der Waals surface area (Å²) < 4.78 is 22.3. The van der Waals surface area contributed by atoms with Crippen molar-refractivity contribution in [1.82, 2.24) is 40.7 Å². The summed E-state index contributed by atoms with van der Waals surface area (Å²) in [6, 6.07) is 7.11. The van der Waals surface area contributed by atoms with Gasteiger partial charge in [0.1, 0.15) is 55.3 Å². The Morgan fingerprint density at radius 3 is 1.66 bits per heavy atom. The molecule has 22 nitrogen and oxygen atoms in total. The molecule has 3 N–H and O–H groups in total. The SMILES string of the molecule is CC(C)(C)OC(=O)N1CCCOC(CONC(=O)[C@@H]2CC[C@@H]3CN2C(=O)N3O)C1.CC(C)(C)OC(=O)N1CCCOC(CONC(=O)[C@@H]2CC[C@@H]3CN2C(=O)N3OCc2ccccc2)C1. The van der Waals surface area contributed by atoms with Crippen molar-refractivity contribution in [2.75, 3.05) is 65.7 Å². The van der Waals surface area contributed by atoms with E-state index in [-0.39, 0.29) is 37.2 Å². The number of carbonyl (C=O) groups excluding carboxylic acids is 6. The first-order valence-electron chi connectivity index (χ1n) is 22.4. The average Bonchev–Trinajstić information content (AvgIpc) is 3.46. The van der Waals surface area contributed by atoms with Crippen molar-refractivity contribution in [3.8, 4) is 0 Å². The molecule has 0 aliphatic carbocycles. The number of amides is 8. The molecule has 1 aromatic rings. The van der Waals surface area contributed by atoms with Gasteiger partial charge < -0.3 is 38.5 Å². The molecule has 2 unspecified atom stereocenters. The number of nitrogens with zero attached hydrogens (tertiary/aromatic N) is 6. The molecule has 6 fully saturated rings. The van der Waals surface area contributed by atoms with Crippen LogP contribution in [-0.4, -0.2) is 184 Å². The molecule has 0 aromatic heterocycles. The van der Waals surface area contributed by atoms with Gasteiger partial charge in [0, 0.05) is 39.4 Å². The minimum atomic E-state index is -0.677. The fourth-order valence-corrected chi connectivity index (χ4v) is 8.24. The van der Waals surface area contributed by atoms with Crippen molar-refractivity contribution in [2.24, 2.45) is 0 Å². The lowest BCUT2D eigenvalue weighted by Crippen LogP contribution is -2.50. The zero-order chi connectivity index (χ0) is 46.9. The molecule has 1 aromatic carbocycles. The zero-order valence-electron chi connectivity index (χ0n) is 38.3. The van der Waals surface area contributed by atoms with E-state index >= 15 is 0 Å². The molecule has 6 aliphatic rings. The first kappa shape index (κ1) is 49.4. The molecular formula is C43H66N8O14. The third-order valence-electron chi connectivity index (χ3n) is 11.4. The highest BCUT2D eigenvalue weighted by atomic mass is 16.7. The van der Waals surface area contributed by atoms with Gasteiger partial charge >= 0.3 is 24.2 Å². The molecule has 6 aliphatic heterocycles. The number of piperidine rings is 2. The number of nitrogens with one attached hydrogen (secondary N) is 2. The summed E-state index contributed by atoms with van der Waals surface area (Å²) in [6.07, 6.45) is 1.91. The Balaban J connectivity index is 0.000000221. The van der Waals surface area contributed by atoms with Gasteiger partial charge in [-0.25, -0.2) is 35.2 Å². The Hall–Kier alpha value is -5.00. The molecule has 0 radical (unpaired) electrons. The number of hydrogen-bond acceptors (Lipinski definition) is 14. The van der Waals surface area contributed by atoms with Crippen LogP contribution in [0.3, 0.4) is 0 Å². The molecule has 6 atom stereocenters. The fraction of sp³-hybridized carbons (Fsp3) is 0.721. The summed E-state index contributed by atoms with van der Waals surface area (Å²) in [5.74, 6) is -0.825. The molecule has 22 heteroatoms. The van der Waals surface area contributed by atoms with Crippen molar-refractivity contribution in [2.45, 2.75) is 134 Å². The highest BCUT2D eigenvalue weighted by molar-refractivity contribution is 5.88. The van der Waals surface area contributed by atoms with E-state index in [1.165, 1.54) is 14.9 Å². The second-order valence-corrected chi connectivity index (χ2v) is 18.9. The quantitative estimate of drug-likeness (QED) is 0.214. The predicted octanol–water partition coefficient (Wildman–Crippen LogP) is 3.18. The molecule has 0 saturated carbocycles. The number of benzene rings is 1. The maximum absolute atomic E-state index is 12.9. The van der Waals surface area contributed by atoms with Crippen molar-refractivity contribution in [3.63, 3.8) is 0 Å². The number of hydrogen-bond donors (Lipinski definition) is 3. The Kier molecular flexibility index (Phi) is 16.7. The number of carbonyl (C=O) groups is 6. The minimum absolute atomic E-state index is 0.0560. The monoisotopic (exact) mass is 918 g/mol. The highest BCUT2D eigenvalue weighted by Crippen LogP contribution is 2.31. The largest absolute Gasteiger partial charge is 0.444 e. The summed E-state index contributed by atoms with van der Waals surface area (Å²) in [4.78, 5) is 97.5. The van der Waals surface area contributed by atoms with Gasteiger partial charge in [-0.05, 0) is 85.6 Å². The van der Waals surface area contributed by atoms with Gasteiger partial charge in [0.05, 0.1) is 25.2 Å². The predicted molar refractivity (Wildman–Crippen MR) is 227 cm³/mol. The van der Waals surface area contributed by atoms with Crippen molar-refractivity contribution in [3.05, 3.63) is 35.9 Å². The number of fused-ring (bicyclic) bond motifs is 4. The van der Waals surface area contributed by atoms with Crippen LogP contribution in [0.4, 0.5) is 19.2 Å². The van der Waals surface area contributed by atoms with E-state index in [9.17, 15) is 34.0 Å². The van der Waals surface area contributed by atoms with Gasteiger partial charge in [-0.3, -0.25) is 29.3 Å². The lowest BCUT2D eigenvalue weighted by molar-refractivity contribution is -0.143. The molecule has 0 spiro atoms. The van der Waals surface area contributed by atoms with Gasteiger partial charge in [-0.15, -0.1) is 0 Å². The molecule has 362 valence electrons. The lowest BCUT2D eigenvalue weighted by Gasteiger charge is -2.29. The standard InChI is InChI=1S/C25H36N4O7.C18H30N4O7/c1-25(2,3)36-24(32)27-12-7-13-33-20(15-27)17-34-26-22(30)21-11-10-19-14-28(21)23(31)29(19)35-16-18-8-5-4-6-9-18;1-18(2,3)29-17(25)20-7-4-8-27-13(10-20)11-28-19-15(23)14-6-5-12-9-21(14)16(24)22(12)26/h4-6,8-9,19-21H,7,10-17H2,1-3H3,(H,26,30);12-14,26H,4-11H2,1-3H3,(H,19,23)/t19-,20?,21+;12-,13?,14+/m11/s1. The van der Waals surface area contributed by atoms with Gasteiger partial charge in [0.15, 0.2) is 0 Å². The van der Waals surface area contributed by atoms with E-state index in [1.54, 1.807) is 9.80 Å².